The van der Waals surface area contributed by atoms with Crippen LogP contribution in [0.1, 0.15) is 39.5 Å². The Kier molecular flexibility index (Phi) is 3.45. The van der Waals surface area contributed by atoms with E-state index in [1.165, 1.54) is 11.1 Å². The minimum atomic E-state index is -0.0635. The molecule has 0 fully saturated rings. The molecule has 0 unspecified atom stereocenters. The zero-order chi connectivity index (χ0) is 16.0. The second kappa shape index (κ2) is 5.49. The smallest absolute Gasteiger partial charge is 0.255 e. The van der Waals surface area contributed by atoms with E-state index < -0.39 is 0 Å². The van der Waals surface area contributed by atoms with Crippen molar-refractivity contribution in [2.75, 3.05) is 0 Å². The summed E-state index contributed by atoms with van der Waals surface area (Å²) in [6.07, 6.45) is 5.45. The normalized spacial score (nSPS) is 16.5. The van der Waals surface area contributed by atoms with Gasteiger partial charge in [0, 0.05) is 10.7 Å². The van der Waals surface area contributed by atoms with E-state index in [0.717, 1.165) is 28.4 Å². The highest BCUT2D eigenvalue weighted by Crippen LogP contribution is 2.33. The molecule has 2 aromatic heterocycles. The Morgan fingerprint density at radius 1 is 1.35 bits per heavy atom. The number of nitrogens with one attached hydrogen (secondary N) is 1. The molecule has 0 radical (unpaired) electrons. The summed E-state index contributed by atoms with van der Waals surface area (Å²) in [6, 6.07) is 10.3. The summed E-state index contributed by atoms with van der Waals surface area (Å²) in [5.74, 6) is -0.0635. The average Bonchev–Trinajstić information content (AvgIpc) is 3.11. The number of nitrogens with zero attached hydrogens (tertiary/aromatic N) is 2. The number of hydrogen-bond donors (Lipinski definition) is 1. The number of benzene rings is 1. The molecular weight excluding hydrogens is 354 g/mol. The van der Waals surface area contributed by atoms with Crippen LogP contribution in [0.2, 0.25) is 0 Å². The molecule has 0 saturated carbocycles. The number of rotatable bonds is 2. The van der Waals surface area contributed by atoms with E-state index in [4.69, 9.17) is 0 Å². The van der Waals surface area contributed by atoms with E-state index in [9.17, 15) is 4.79 Å². The molecule has 1 aromatic carbocycles. The van der Waals surface area contributed by atoms with Gasteiger partial charge in [-0.2, -0.15) is 5.10 Å². The molecule has 1 N–H and O–H groups in total. The number of pyridine rings is 1. The fourth-order valence-electron chi connectivity index (χ4n) is 3.23. The molecule has 1 aliphatic rings. The molecule has 5 heteroatoms. The minimum Gasteiger partial charge on any atom is -0.345 e. The minimum absolute atomic E-state index is 0.0635. The van der Waals surface area contributed by atoms with Gasteiger partial charge in [-0.05, 0) is 60.7 Å². The Labute approximate surface area is 142 Å². The van der Waals surface area contributed by atoms with Gasteiger partial charge < -0.3 is 5.32 Å². The summed E-state index contributed by atoms with van der Waals surface area (Å²) in [5.41, 5.74) is 5.11. The van der Waals surface area contributed by atoms with Crippen LogP contribution < -0.4 is 5.32 Å². The maximum absolute atomic E-state index is 12.7. The van der Waals surface area contributed by atoms with Crippen molar-refractivity contribution >= 4 is 27.4 Å². The van der Waals surface area contributed by atoms with Crippen molar-refractivity contribution in [2.24, 2.45) is 0 Å². The van der Waals surface area contributed by atoms with E-state index >= 15 is 0 Å². The van der Waals surface area contributed by atoms with Crippen molar-refractivity contribution in [1.29, 1.82) is 0 Å². The van der Waals surface area contributed by atoms with Crippen LogP contribution in [-0.4, -0.2) is 15.5 Å². The molecule has 4 rings (SSSR count). The van der Waals surface area contributed by atoms with Crippen molar-refractivity contribution in [3.05, 3.63) is 69.5 Å². The first kappa shape index (κ1) is 14.5. The first-order chi connectivity index (χ1) is 11.1. The van der Waals surface area contributed by atoms with E-state index in [2.05, 4.69) is 38.5 Å². The number of amides is 1. The van der Waals surface area contributed by atoms with Crippen LogP contribution in [0, 0.1) is 6.92 Å². The van der Waals surface area contributed by atoms with Gasteiger partial charge in [0.2, 0.25) is 0 Å². The molecule has 1 amide bonds. The summed E-state index contributed by atoms with van der Waals surface area (Å²) in [4.78, 5) is 12.7. The SMILES string of the molecule is Cc1ccn2ncc(C(=O)N[C@@H]3CCc4cc(Br)ccc43)c2c1. The lowest BCUT2D eigenvalue weighted by atomic mass is 10.1. The lowest BCUT2D eigenvalue weighted by molar-refractivity contribution is 0.0938. The quantitative estimate of drug-likeness (QED) is 0.746. The van der Waals surface area contributed by atoms with Crippen LogP contribution in [0.4, 0.5) is 0 Å². The van der Waals surface area contributed by atoms with Gasteiger partial charge in [-0.1, -0.05) is 22.0 Å². The van der Waals surface area contributed by atoms with Crippen LogP contribution in [0.15, 0.2) is 47.2 Å². The molecule has 1 atom stereocenters. The van der Waals surface area contributed by atoms with Crippen LogP contribution >= 0.6 is 15.9 Å². The third-order valence-electron chi connectivity index (χ3n) is 4.41. The number of carbonyl (C=O) groups excluding carboxylic acids is 1. The van der Waals surface area contributed by atoms with Crippen molar-refractivity contribution in [2.45, 2.75) is 25.8 Å². The predicted molar refractivity (Wildman–Crippen MR) is 92.6 cm³/mol. The Balaban J connectivity index is 1.62. The van der Waals surface area contributed by atoms with E-state index in [1.54, 1.807) is 10.7 Å². The molecule has 4 nitrogen and oxygen atoms in total. The first-order valence-electron chi connectivity index (χ1n) is 7.65. The van der Waals surface area contributed by atoms with Crippen LogP contribution in [-0.2, 0) is 6.42 Å². The number of aryl methyl sites for hydroxylation is 2. The second-order valence-corrected chi connectivity index (χ2v) is 6.92. The monoisotopic (exact) mass is 369 g/mol. The lowest BCUT2D eigenvalue weighted by Crippen LogP contribution is -2.27. The summed E-state index contributed by atoms with van der Waals surface area (Å²) < 4.78 is 2.82. The van der Waals surface area contributed by atoms with Crippen molar-refractivity contribution in [1.82, 2.24) is 14.9 Å². The predicted octanol–water partition coefficient (Wildman–Crippen LogP) is 3.82. The molecule has 0 saturated heterocycles. The zero-order valence-corrected chi connectivity index (χ0v) is 14.3. The van der Waals surface area contributed by atoms with Gasteiger partial charge >= 0.3 is 0 Å². The number of halogens is 1. The zero-order valence-electron chi connectivity index (χ0n) is 12.7. The maximum Gasteiger partial charge on any atom is 0.255 e. The first-order valence-corrected chi connectivity index (χ1v) is 8.44. The van der Waals surface area contributed by atoms with Gasteiger partial charge in [-0.15, -0.1) is 0 Å². The summed E-state index contributed by atoms with van der Waals surface area (Å²) >= 11 is 3.50. The van der Waals surface area contributed by atoms with Crippen LogP contribution in [0.3, 0.4) is 0 Å². The van der Waals surface area contributed by atoms with E-state index in [0.29, 0.717) is 5.56 Å². The average molecular weight is 370 g/mol. The lowest BCUT2D eigenvalue weighted by Gasteiger charge is -2.14. The van der Waals surface area contributed by atoms with E-state index in [-0.39, 0.29) is 11.9 Å². The molecule has 116 valence electrons. The molecule has 0 aliphatic heterocycles. The summed E-state index contributed by atoms with van der Waals surface area (Å²) in [6.45, 7) is 2.01. The Hall–Kier alpha value is -2.14. The molecule has 3 aromatic rings. The Morgan fingerprint density at radius 3 is 3.09 bits per heavy atom. The second-order valence-electron chi connectivity index (χ2n) is 6.00. The van der Waals surface area contributed by atoms with E-state index in [1.807, 2.05) is 31.3 Å². The Morgan fingerprint density at radius 2 is 2.22 bits per heavy atom. The van der Waals surface area contributed by atoms with Crippen molar-refractivity contribution in [3.63, 3.8) is 0 Å². The van der Waals surface area contributed by atoms with Gasteiger partial charge in [-0.3, -0.25) is 4.79 Å². The number of aromatic nitrogens is 2. The van der Waals surface area contributed by atoms with Gasteiger partial charge in [-0.25, -0.2) is 4.52 Å². The van der Waals surface area contributed by atoms with Crippen molar-refractivity contribution < 1.29 is 4.79 Å². The standard InChI is InChI=1S/C18H16BrN3O/c1-11-6-7-22-17(8-11)15(10-20-22)18(23)21-16-5-2-12-9-13(19)3-4-14(12)16/h3-4,6-10,16H,2,5H2,1H3,(H,21,23)/t16-/m1/s1. The summed E-state index contributed by atoms with van der Waals surface area (Å²) in [5, 5.41) is 7.42. The van der Waals surface area contributed by atoms with Crippen molar-refractivity contribution in [3.8, 4) is 0 Å². The highest BCUT2D eigenvalue weighted by Gasteiger charge is 2.25. The molecule has 1 aliphatic carbocycles. The molecular formula is C18H16BrN3O. The molecule has 2 heterocycles. The Bertz CT molecular complexity index is 916. The highest BCUT2D eigenvalue weighted by molar-refractivity contribution is 9.10. The third kappa shape index (κ3) is 2.55. The third-order valence-corrected chi connectivity index (χ3v) is 4.90. The molecule has 0 bridgehead atoms. The highest BCUT2D eigenvalue weighted by atomic mass is 79.9. The fourth-order valence-corrected chi connectivity index (χ4v) is 3.64. The van der Waals surface area contributed by atoms with Gasteiger partial charge in [0.1, 0.15) is 0 Å². The molecule has 0 spiro atoms. The molecule has 23 heavy (non-hydrogen) atoms. The number of fused-ring (bicyclic) bond motifs is 2. The van der Waals surface area contributed by atoms with Crippen LogP contribution in [0.5, 0.6) is 0 Å². The number of hydrogen-bond acceptors (Lipinski definition) is 2. The topological polar surface area (TPSA) is 46.4 Å². The van der Waals surface area contributed by atoms with Gasteiger partial charge in [0.25, 0.3) is 5.91 Å². The summed E-state index contributed by atoms with van der Waals surface area (Å²) in [7, 11) is 0. The van der Waals surface area contributed by atoms with Gasteiger partial charge in [0.15, 0.2) is 0 Å². The largest absolute Gasteiger partial charge is 0.345 e. The fraction of sp³-hybridized carbons (Fsp3) is 0.222. The number of carbonyl (C=O) groups is 1. The van der Waals surface area contributed by atoms with Gasteiger partial charge in [0.05, 0.1) is 23.3 Å². The maximum atomic E-state index is 12.7. The van der Waals surface area contributed by atoms with Crippen LogP contribution in [0.25, 0.3) is 5.52 Å².